The van der Waals surface area contributed by atoms with E-state index in [1.165, 1.54) is 11.1 Å². The maximum Gasteiger partial charge on any atom is 0.115 e. The molecule has 1 aromatic rings. The lowest BCUT2D eigenvalue weighted by Gasteiger charge is -2.60. The highest BCUT2D eigenvalue weighted by Gasteiger charge is 2.63. The molecule has 3 nitrogen and oxygen atoms in total. The highest BCUT2D eigenvalue weighted by atomic mass is 16.3. The molecular formula is C27H40O3. The van der Waals surface area contributed by atoms with Crippen LogP contribution in [0.3, 0.4) is 0 Å². The molecule has 2 saturated carbocycles. The zero-order valence-electron chi connectivity index (χ0n) is 19.0. The Kier molecular flexibility index (Phi) is 5.60. The molecule has 0 unspecified atom stereocenters. The van der Waals surface area contributed by atoms with Gasteiger partial charge < -0.3 is 15.3 Å². The molecule has 3 aliphatic rings. The van der Waals surface area contributed by atoms with Crippen LogP contribution in [0.1, 0.15) is 89.2 Å². The van der Waals surface area contributed by atoms with Gasteiger partial charge in [-0.2, -0.15) is 0 Å². The van der Waals surface area contributed by atoms with Crippen LogP contribution in [-0.2, 0) is 6.42 Å². The van der Waals surface area contributed by atoms with Gasteiger partial charge in [0.1, 0.15) is 5.75 Å². The summed E-state index contributed by atoms with van der Waals surface area (Å²) in [5, 5.41) is 31.2. The standard InChI is InChI=1S/C27H40O3/c1-5-27-15-13-18-16-20(28)9-10-21(18)24(27)19(8-6-7-14-25(2,3)30)17-26(4)22(27)11-12-23(26)29/h5,9-10,16,19,22-24,28-30H,1,6-8,11-15,17H2,2-4H3/t19-,22+,23-,24+,26-,27-/m0/s1. The number of aromatic hydroxyl groups is 1. The van der Waals surface area contributed by atoms with Crippen molar-refractivity contribution in [2.24, 2.45) is 22.7 Å². The van der Waals surface area contributed by atoms with E-state index in [2.05, 4.69) is 25.6 Å². The van der Waals surface area contributed by atoms with Crippen molar-refractivity contribution in [1.29, 1.82) is 0 Å². The molecule has 30 heavy (non-hydrogen) atoms. The van der Waals surface area contributed by atoms with Crippen LogP contribution in [0, 0.1) is 22.7 Å². The topological polar surface area (TPSA) is 60.7 Å². The summed E-state index contributed by atoms with van der Waals surface area (Å²) in [5.74, 6) is 1.72. The molecule has 0 spiro atoms. The first-order valence-corrected chi connectivity index (χ1v) is 12.0. The van der Waals surface area contributed by atoms with Crippen LogP contribution in [0.5, 0.6) is 5.75 Å². The summed E-state index contributed by atoms with van der Waals surface area (Å²) in [5.41, 5.74) is 2.07. The van der Waals surface area contributed by atoms with Crippen molar-refractivity contribution in [3.63, 3.8) is 0 Å². The van der Waals surface area contributed by atoms with Crippen LogP contribution in [0.25, 0.3) is 0 Å². The zero-order chi connectivity index (χ0) is 21.7. The molecular weight excluding hydrogens is 372 g/mol. The van der Waals surface area contributed by atoms with Crippen molar-refractivity contribution in [2.75, 3.05) is 0 Å². The zero-order valence-corrected chi connectivity index (χ0v) is 19.0. The van der Waals surface area contributed by atoms with Crippen molar-refractivity contribution in [1.82, 2.24) is 0 Å². The van der Waals surface area contributed by atoms with Crippen molar-refractivity contribution in [3.05, 3.63) is 42.0 Å². The lowest BCUT2D eigenvalue weighted by molar-refractivity contribution is -0.0814. The van der Waals surface area contributed by atoms with E-state index < -0.39 is 5.60 Å². The van der Waals surface area contributed by atoms with E-state index >= 15 is 0 Å². The fourth-order valence-corrected chi connectivity index (χ4v) is 7.66. The normalized spacial score (nSPS) is 37.9. The fourth-order valence-electron chi connectivity index (χ4n) is 7.66. The van der Waals surface area contributed by atoms with Crippen LogP contribution >= 0.6 is 0 Å². The Morgan fingerprint density at radius 1 is 1.23 bits per heavy atom. The number of benzene rings is 1. The van der Waals surface area contributed by atoms with Gasteiger partial charge in [0, 0.05) is 0 Å². The van der Waals surface area contributed by atoms with Gasteiger partial charge in [0.05, 0.1) is 11.7 Å². The molecule has 4 rings (SSSR count). The second-order valence-corrected chi connectivity index (χ2v) is 11.4. The lowest BCUT2D eigenvalue weighted by atomic mass is 9.44. The average molecular weight is 413 g/mol. The van der Waals surface area contributed by atoms with Gasteiger partial charge >= 0.3 is 0 Å². The molecule has 0 heterocycles. The van der Waals surface area contributed by atoms with E-state index in [0.717, 1.165) is 57.8 Å². The predicted molar refractivity (Wildman–Crippen MR) is 122 cm³/mol. The number of hydrogen-bond donors (Lipinski definition) is 3. The maximum atomic E-state index is 11.0. The van der Waals surface area contributed by atoms with Crippen LogP contribution in [-0.4, -0.2) is 27.0 Å². The number of unbranched alkanes of at least 4 members (excludes halogenated alkanes) is 1. The minimum Gasteiger partial charge on any atom is -0.508 e. The molecule has 2 fully saturated rings. The molecule has 0 amide bonds. The minimum atomic E-state index is -0.606. The summed E-state index contributed by atoms with van der Waals surface area (Å²) in [6, 6.07) is 5.97. The quantitative estimate of drug-likeness (QED) is 0.413. The smallest absolute Gasteiger partial charge is 0.115 e. The van der Waals surface area contributed by atoms with Crippen LogP contribution in [0.2, 0.25) is 0 Å². The summed E-state index contributed by atoms with van der Waals surface area (Å²) < 4.78 is 0. The molecule has 0 aliphatic heterocycles. The maximum absolute atomic E-state index is 11.0. The molecule has 3 N–H and O–H groups in total. The Hall–Kier alpha value is -1.32. The number of aliphatic hydroxyl groups excluding tert-OH is 1. The third kappa shape index (κ3) is 3.52. The third-order valence-electron chi connectivity index (χ3n) is 8.97. The van der Waals surface area contributed by atoms with E-state index in [0.29, 0.717) is 23.5 Å². The van der Waals surface area contributed by atoms with Gasteiger partial charge in [-0.3, -0.25) is 0 Å². The number of fused-ring (bicyclic) bond motifs is 5. The van der Waals surface area contributed by atoms with E-state index in [1.807, 2.05) is 26.0 Å². The molecule has 0 aromatic heterocycles. The predicted octanol–water partition coefficient (Wildman–Crippen LogP) is 5.72. The van der Waals surface area contributed by atoms with E-state index in [9.17, 15) is 15.3 Å². The Morgan fingerprint density at radius 3 is 2.70 bits per heavy atom. The molecule has 0 radical (unpaired) electrons. The Bertz CT molecular complexity index is 794. The molecule has 0 saturated heterocycles. The Labute approximate surface area is 182 Å². The third-order valence-corrected chi connectivity index (χ3v) is 8.97. The van der Waals surface area contributed by atoms with Gasteiger partial charge in [0.2, 0.25) is 0 Å². The summed E-state index contributed by atoms with van der Waals surface area (Å²) >= 11 is 0. The van der Waals surface area contributed by atoms with Gasteiger partial charge in [-0.15, -0.1) is 6.58 Å². The largest absolute Gasteiger partial charge is 0.508 e. The lowest BCUT2D eigenvalue weighted by Crippen LogP contribution is -2.54. The molecule has 3 aliphatic carbocycles. The molecule has 1 aromatic carbocycles. The number of rotatable bonds is 6. The van der Waals surface area contributed by atoms with Crippen LogP contribution in [0.4, 0.5) is 0 Å². The van der Waals surface area contributed by atoms with Crippen molar-refractivity contribution in [3.8, 4) is 5.75 Å². The van der Waals surface area contributed by atoms with E-state index in [1.54, 1.807) is 0 Å². The number of phenols is 1. The van der Waals surface area contributed by atoms with Crippen molar-refractivity contribution >= 4 is 0 Å². The van der Waals surface area contributed by atoms with E-state index in [4.69, 9.17) is 0 Å². The second-order valence-electron chi connectivity index (χ2n) is 11.4. The van der Waals surface area contributed by atoms with Crippen LogP contribution in [0.15, 0.2) is 30.9 Å². The number of allylic oxidation sites excluding steroid dienone is 1. The number of hydrogen-bond acceptors (Lipinski definition) is 3. The Balaban J connectivity index is 1.70. The van der Waals surface area contributed by atoms with Gasteiger partial charge in [-0.25, -0.2) is 0 Å². The molecule has 166 valence electrons. The van der Waals surface area contributed by atoms with E-state index in [-0.39, 0.29) is 16.9 Å². The van der Waals surface area contributed by atoms with Crippen molar-refractivity contribution < 1.29 is 15.3 Å². The van der Waals surface area contributed by atoms with Crippen LogP contribution < -0.4 is 0 Å². The number of aryl methyl sites for hydroxylation is 1. The van der Waals surface area contributed by atoms with Gasteiger partial charge in [0.15, 0.2) is 0 Å². The monoisotopic (exact) mass is 412 g/mol. The Morgan fingerprint density at radius 2 is 2.00 bits per heavy atom. The summed E-state index contributed by atoms with van der Waals surface area (Å²) in [4.78, 5) is 0. The SMILES string of the molecule is C=C[C@@]12CCc3cc(O)ccc3[C@H]1[C@@H](CCCCC(C)(C)O)C[C@@]1(C)[C@H]2CC[C@@H]1O. The first-order valence-electron chi connectivity index (χ1n) is 12.0. The number of aliphatic hydroxyl groups is 2. The second kappa shape index (κ2) is 7.67. The average Bonchev–Trinajstić information content (AvgIpc) is 2.98. The molecule has 6 atom stereocenters. The van der Waals surface area contributed by atoms with Gasteiger partial charge in [-0.1, -0.05) is 31.9 Å². The first-order chi connectivity index (χ1) is 14.1. The number of phenolic OH excluding ortho intramolecular Hbond substituents is 1. The fraction of sp³-hybridized carbons (Fsp3) is 0.704. The summed E-state index contributed by atoms with van der Waals surface area (Å²) in [6.45, 7) is 10.5. The van der Waals surface area contributed by atoms with Gasteiger partial charge in [-0.05, 0) is 111 Å². The summed E-state index contributed by atoms with van der Waals surface area (Å²) in [6.07, 6.45) is 11.2. The highest BCUT2D eigenvalue weighted by molar-refractivity contribution is 5.43. The first kappa shape index (κ1) is 21.9. The molecule has 0 bridgehead atoms. The van der Waals surface area contributed by atoms with Gasteiger partial charge in [0.25, 0.3) is 0 Å². The molecule has 3 heteroatoms. The summed E-state index contributed by atoms with van der Waals surface area (Å²) in [7, 11) is 0. The van der Waals surface area contributed by atoms with Crippen molar-refractivity contribution in [2.45, 2.75) is 96.2 Å². The minimum absolute atomic E-state index is 0.0232. The highest BCUT2D eigenvalue weighted by Crippen LogP contribution is 2.69.